The molecule has 1 saturated heterocycles. The normalized spacial score (nSPS) is 16.7. The summed E-state index contributed by atoms with van der Waals surface area (Å²) < 4.78 is 0. The van der Waals surface area contributed by atoms with Crippen LogP contribution in [0.4, 0.5) is 4.79 Å². The number of urea groups is 1. The lowest BCUT2D eigenvalue weighted by Gasteiger charge is -2.33. The molecule has 0 aliphatic carbocycles. The van der Waals surface area contributed by atoms with Crippen LogP contribution >= 0.6 is 0 Å². The minimum Gasteiger partial charge on any atom is -0.348 e. The first-order valence-corrected chi connectivity index (χ1v) is 9.85. The van der Waals surface area contributed by atoms with E-state index in [1.54, 1.807) is 12.4 Å². The van der Waals surface area contributed by atoms with E-state index in [9.17, 15) is 9.59 Å². The van der Waals surface area contributed by atoms with Gasteiger partial charge in [0.2, 0.25) is 0 Å². The maximum absolute atomic E-state index is 12.5. The first kappa shape index (κ1) is 19.9. The zero-order chi connectivity index (χ0) is 19.9. The van der Waals surface area contributed by atoms with E-state index in [-0.39, 0.29) is 23.9 Å². The molecule has 28 heavy (non-hydrogen) atoms. The van der Waals surface area contributed by atoms with Crippen molar-refractivity contribution in [3.05, 3.63) is 65.5 Å². The van der Waals surface area contributed by atoms with Gasteiger partial charge in [0.25, 0.3) is 5.91 Å². The van der Waals surface area contributed by atoms with Gasteiger partial charge in [-0.15, -0.1) is 0 Å². The molecule has 0 unspecified atom stereocenters. The molecule has 1 fully saturated rings. The fourth-order valence-corrected chi connectivity index (χ4v) is 3.49. The smallest absolute Gasteiger partial charge is 0.317 e. The number of hydrogen-bond acceptors (Lipinski definition) is 3. The van der Waals surface area contributed by atoms with E-state index in [0.717, 1.165) is 30.5 Å². The second-order valence-electron chi connectivity index (χ2n) is 7.55. The van der Waals surface area contributed by atoms with Gasteiger partial charge in [-0.2, -0.15) is 0 Å². The van der Waals surface area contributed by atoms with Gasteiger partial charge >= 0.3 is 6.03 Å². The first-order chi connectivity index (χ1) is 13.5. The Labute approximate surface area is 166 Å². The Morgan fingerprint density at radius 2 is 2.00 bits per heavy atom. The molecule has 3 amide bonds. The second kappa shape index (κ2) is 9.35. The minimum atomic E-state index is -0.0936. The molecule has 2 aromatic rings. The van der Waals surface area contributed by atoms with Gasteiger partial charge in [-0.05, 0) is 62.1 Å². The van der Waals surface area contributed by atoms with Crippen LogP contribution in [-0.4, -0.2) is 41.0 Å². The molecule has 1 aromatic carbocycles. The Balaban J connectivity index is 1.63. The summed E-state index contributed by atoms with van der Waals surface area (Å²) in [6.07, 6.45) is 5.42. The van der Waals surface area contributed by atoms with E-state index in [1.165, 1.54) is 0 Å². The number of carbonyl (C=O) groups excluding carboxylic acids is 2. The van der Waals surface area contributed by atoms with Gasteiger partial charge in [0.1, 0.15) is 0 Å². The summed E-state index contributed by atoms with van der Waals surface area (Å²) in [5.74, 6) is 0.156. The predicted molar refractivity (Wildman–Crippen MR) is 109 cm³/mol. The highest BCUT2D eigenvalue weighted by atomic mass is 16.2. The molecular weight excluding hydrogens is 352 g/mol. The molecule has 3 rings (SSSR count). The number of rotatable bonds is 5. The van der Waals surface area contributed by atoms with E-state index in [0.29, 0.717) is 18.7 Å². The Kier molecular flexibility index (Phi) is 6.63. The Hall–Kier alpha value is -2.89. The third-order valence-electron chi connectivity index (χ3n) is 4.94. The molecule has 0 radical (unpaired) electrons. The van der Waals surface area contributed by atoms with Crippen molar-refractivity contribution < 1.29 is 9.59 Å². The summed E-state index contributed by atoms with van der Waals surface area (Å²) in [5, 5.41) is 5.92. The van der Waals surface area contributed by atoms with E-state index in [4.69, 9.17) is 0 Å². The van der Waals surface area contributed by atoms with E-state index in [2.05, 4.69) is 15.6 Å². The number of amides is 3. The number of aromatic nitrogens is 1. The summed E-state index contributed by atoms with van der Waals surface area (Å²) >= 11 is 0. The van der Waals surface area contributed by atoms with Gasteiger partial charge in [-0.25, -0.2) is 4.79 Å². The van der Waals surface area contributed by atoms with Crippen molar-refractivity contribution in [2.75, 3.05) is 13.1 Å². The number of benzene rings is 1. The Morgan fingerprint density at radius 3 is 2.75 bits per heavy atom. The topological polar surface area (TPSA) is 74.3 Å². The highest BCUT2D eigenvalue weighted by Gasteiger charge is 2.25. The average molecular weight is 380 g/mol. The van der Waals surface area contributed by atoms with Crippen molar-refractivity contribution in [3.63, 3.8) is 0 Å². The molecule has 1 aliphatic rings. The quantitative estimate of drug-likeness (QED) is 0.836. The summed E-state index contributed by atoms with van der Waals surface area (Å²) in [7, 11) is 0. The van der Waals surface area contributed by atoms with Gasteiger partial charge < -0.3 is 15.5 Å². The minimum absolute atomic E-state index is 0.00838. The number of piperidine rings is 1. The fraction of sp³-hybridized carbons (Fsp3) is 0.409. The molecule has 148 valence electrons. The molecule has 1 aromatic heterocycles. The Bertz CT molecular complexity index is 807. The zero-order valence-electron chi connectivity index (χ0n) is 16.5. The third kappa shape index (κ3) is 5.31. The van der Waals surface area contributed by atoms with Gasteiger partial charge in [0.15, 0.2) is 0 Å². The lowest BCUT2D eigenvalue weighted by molar-refractivity contribution is 0.0950. The fourth-order valence-electron chi connectivity index (χ4n) is 3.49. The Morgan fingerprint density at radius 1 is 1.21 bits per heavy atom. The molecule has 2 N–H and O–H groups in total. The van der Waals surface area contributed by atoms with Crippen molar-refractivity contribution in [2.24, 2.45) is 0 Å². The second-order valence-corrected chi connectivity index (χ2v) is 7.55. The van der Waals surface area contributed by atoms with Gasteiger partial charge in [0, 0.05) is 49.6 Å². The third-order valence-corrected chi connectivity index (χ3v) is 4.94. The van der Waals surface area contributed by atoms with Crippen molar-refractivity contribution in [3.8, 4) is 0 Å². The number of hydrogen-bond donors (Lipinski definition) is 2. The van der Waals surface area contributed by atoms with Gasteiger partial charge in [0.05, 0.1) is 0 Å². The lowest BCUT2D eigenvalue weighted by Crippen LogP contribution is -2.47. The van der Waals surface area contributed by atoms with Crippen molar-refractivity contribution in [1.29, 1.82) is 0 Å². The molecule has 1 aliphatic heterocycles. The maximum atomic E-state index is 12.5. The SMILES string of the molecule is CC(C)NC(=O)N1CCC[C@@H](c2cccc(C(=O)NCc3ccncc3)c2)C1. The molecule has 0 bridgehead atoms. The number of nitrogens with zero attached hydrogens (tertiary/aromatic N) is 2. The molecule has 6 heteroatoms. The van der Waals surface area contributed by atoms with Gasteiger partial charge in [-0.3, -0.25) is 9.78 Å². The van der Waals surface area contributed by atoms with Crippen LogP contribution in [0.5, 0.6) is 0 Å². The summed E-state index contributed by atoms with van der Waals surface area (Å²) in [6.45, 7) is 5.86. The highest BCUT2D eigenvalue weighted by molar-refractivity contribution is 5.94. The van der Waals surface area contributed by atoms with Crippen LogP contribution < -0.4 is 10.6 Å². The van der Waals surface area contributed by atoms with Crippen LogP contribution in [0.3, 0.4) is 0 Å². The van der Waals surface area contributed by atoms with Gasteiger partial charge in [-0.1, -0.05) is 12.1 Å². The largest absolute Gasteiger partial charge is 0.348 e. The van der Waals surface area contributed by atoms with E-state index in [1.807, 2.05) is 55.1 Å². The lowest BCUT2D eigenvalue weighted by atomic mass is 9.89. The summed E-state index contributed by atoms with van der Waals surface area (Å²) in [6, 6.07) is 11.6. The van der Waals surface area contributed by atoms with Crippen LogP contribution in [0, 0.1) is 0 Å². The van der Waals surface area contributed by atoms with E-state index >= 15 is 0 Å². The first-order valence-electron chi connectivity index (χ1n) is 9.85. The monoisotopic (exact) mass is 380 g/mol. The predicted octanol–water partition coefficient (Wildman–Crippen LogP) is 3.31. The number of carbonyl (C=O) groups is 2. The van der Waals surface area contributed by atoms with Crippen LogP contribution in [0.1, 0.15) is 54.1 Å². The van der Waals surface area contributed by atoms with Crippen LogP contribution in [0.25, 0.3) is 0 Å². The van der Waals surface area contributed by atoms with E-state index < -0.39 is 0 Å². The molecule has 1 atom stereocenters. The summed E-state index contributed by atoms with van der Waals surface area (Å²) in [4.78, 5) is 30.7. The van der Waals surface area contributed by atoms with Crippen molar-refractivity contribution in [1.82, 2.24) is 20.5 Å². The maximum Gasteiger partial charge on any atom is 0.317 e. The summed E-state index contributed by atoms with van der Waals surface area (Å²) in [5.41, 5.74) is 2.77. The van der Waals surface area contributed by atoms with Crippen LogP contribution in [-0.2, 0) is 6.54 Å². The molecule has 2 heterocycles. The van der Waals surface area contributed by atoms with Crippen LogP contribution in [0.15, 0.2) is 48.8 Å². The average Bonchev–Trinajstić information content (AvgIpc) is 2.72. The molecule has 6 nitrogen and oxygen atoms in total. The van der Waals surface area contributed by atoms with Crippen molar-refractivity contribution in [2.45, 2.75) is 45.2 Å². The number of nitrogens with one attached hydrogen (secondary N) is 2. The number of likely N-dealkylation sites (tertiary alicyclic amines) is 1. The van der Waals surface area contributed by atoms with Crippen LogP contribution in [0.2, 0.25) is 0 Å². The molecule has 0 saturated carbocycles. The van der Waals surface area contributed by atoms with Crippen molar-refractivity contribution >= 4 is 11.9 Å². The standard InChI is InChI=1S/C22H28N4O2/c1-16(2)25-22(28)26-12-4-7-20(15-26)18-5-3-6-19(13-18)21(27)24-14-17-8-10-23-11-9-17/h3,5-6,8-11,13,16,20H,4,7,12,14-15H2,1-2H3,(H,24,27)(H,25,28)/t20-/m1/s1. The molecule has 0 spiro atoms. The highest BCUT2D eigenvalue weighted by Crippen LogP contribution is 2.27. The molecular formula is C22H28N4O2. The zero-order valence-corrected chi connectivity index (χ0v) is 16.5. The number of pyridine rings is 1.